The van der Waals surface area contributed by atoms with Gasteiger partial charge in [0.1, 0.15) is 0 Å². The molecule has 65 valence electrons. The summed E-state index contributed by atoms with van der Waals surface area (Å²) in [6.07, 6.45) is 4.03. The Morgan fingerprint density at radius 2 is 1.27 bits per heavy atom. The summed E-state index contributed by atoms with van der Waals surface area (Å²) in [6, 6.07) is 0. The Morgan fingerprint density at radius 3 is 1.36 bits per heavy atom. The van der Waals surface area contributed by atoms with Crippen LogP contribution in [0.2, 0.25) is 3.17 Å². The molecule has 1 heteroatoms. The summed E-state index contributed by atoms with van der Waals surface area (Å²) in [7, 11) is 0. The minimum atomic E-state index is 0.558. The van der Waals surface area contributed by atoms with Gasteiger partial charge in [-0.1, -0.05) is 0 Å². The van der Waals surface area contributed by atoms with Crippen LogP contribution in [0.25, 0.3) is 0 Å². The van der Waals surface area contributed by atoms with Crippen molar-refractivity contribution >= 4 is 0 Å². The predicted octanol–water partition coefficient (Wildman–Crippen LogP) is 3.95. The number of hydrogen-bond donors (Lipinski definition) is 0. The van der Waals surface area contributed by atoms with E-state index < -0.39 is 0 Å². The zero-order chi connectivity index (χ0) is 9.12. The fourth-order valence-electron chi connectivity index (χ4n) is 1.55. The number of hydrogen-bond acceptors (Lipinski definition) is 0. The van der Waals surface area contributed by atoms with Gasteiger partial charge in [-0.3, -0.25) is 0 Å². The van der Waals surface area contributed by atoms with E-state index in [1.54, 1.807) is 0 Å². The molecule has 0 aliphatic rings. The van der Waals surface area contributed by atoms with Crippen LogP contribution < -0.4 is 0 Å². The Bertz CT molecular complexity index is 112. The summed E-state index contributed by atoms with van der Waals surface area (Å²) in [5, 5.41) is 0. The zero-order valence-corrected chi connectivity index (χ0v) is 12.2. The molecule has 0 unspecified atom stereocenters. The molecule has 11 heavy (non-hydrogen) atoms. The molecule has 0 saturated carbocycles. The molecule has 0 saturated heterocycles. The Labute approximate surface area is 86.7 Å². The van der Waals surface area contributed by atoms with Crippen LogP contribution >= 0.6 is 0 Å². The van der Waals surface area contributed by atoms with Gasteiger partial charge < -0.3 is 0 Å². The van der Waals surface area contributed by atoms with Crippen LogP contribution in [0.15, 0.2) is 0 Å². The van der Waals surface area contributed by atoms with Gasteiger partial charge in [0.25, 0.3) is 0 Å². The molecule has 0 aromatic heterocycles. The van der Waals surface area contributed by atoms with Crippen molar-refractivity contribution in [2.24, 2.45) is 5.41 Å². The van der Waals surface area contributed by atoms with E-state index in [9.17, 15) is 0 Å². The van der Waals surface area contributed by atoms with E-state index in [4.69, 9.17) is 0 Å². The fourth-order valence-corrected chi connectivity index (χ4v) is 2.18. The van der Waals surface area contributed by atoms with Gasteiger partial charge in [0.15, 0.2) is 0 Å². The molecule has 0 nitrogen and oxygen atoms in total. The molecule has 0 atom stereocenters. The van der Waals surface area contributed by atoms with Crippen molar-refractivity contribution in [3.63, 3.8) is 0 Å². The third kappa shape index (κ3) is 2.40. The molecule has 0 radical (unpaired) electrons. The van der Waals surface area contributed by atoms with Gasteiger partial charge in [0.2, 0.25) is 0 Å². The summed E-state index contributed by atoms with van der Waals surface area (Å²) in [6.45, 7) is 11.8. The van der Waals surface area contributed by atoms with Crippen LogP contribution in [-0.4, -0.2) is 0 Å². The molecule has 0 aliphatic heterocycles. The maximum atomic E-state index is 2.42. The van der Waals surface area contributed by atoms with Crippen molar-refractivity contribution in [1.82, 2.24) is 0 Å². The first kappa shape index (κ1) is 11.9. The van der Waals surface area contributed by atoms with Crippen LogP contribution in [0.4, 0.5) is 0 Å². The van der Waals surface area contributed by atoms with Crippen LogP contribution in [0.5, 0.6) is 0 Å². The van der Waals surface area contributed by atoms with Crippen molar-refractivity contribution in [2.75, 3.05) is 0 Å². The molecule has 0 aromatic carbocycles. The topological polar surface area (TPSA) is 0 Å². The molecule has 0 rings (SSSR count). The second kappa shape index (κ2) is 4.20. The summed E-state index contributed by atoms with van der Waals surface area (Å²) >= 11 is 1.34. The standard InChI is InChI=1S/C10H21.Hf/c1-6-9(7-2)10(4,5)8-3;/h6-8H2,1-5H3;. The fraction of sp³-hybridized carbons (Fsp3) is 1.00. The second-order valence-electron chi connectivity index (χ2n) is 4.03. The Kier molecular flexibility index (Phi) is 4.54. The van der Waals surface area contributed by atoms with Crippen molar-refractivity contribution < 1.29 is 24.4 Å². The zero-order valence-electron chi connectivity index (χ0n) is 8.62. The van der Waals surface area contributed by atoms with Gasteiger partial charge in [-0.25, -0.2) is 0 Å². The van der Waals surface area contributed by atoms with Gasteiger partial charge in [0.05, 0.1) is 0 Å². The molecule has 0 heterocycles. The molecule has 0 spiro atoms. The van der Waals surface area contributed by atoms with Crippen molar-refractivity contribution in [2.45, 2.75) is 57.1 Å². The average Bonchev–Trinajstić information content (AvgIpc) is 2.02. The van der Waals surface area contributed by atoms with Gasteiger partial charge in [-0.05, 0) is 0 Å². The maximum absolute atomic E-state index is 2.42. The second-order valence-corrected chi connectivity index (χ2v) is 7.47. The first-order valence-corrected chi connectivity index (χ1v) is 6.48. The van der Waals surface area contributed by atoms with Crippen LogP contribution in [0, 0.1) is 5.41 Å². The quantitative estimate of drug-likeness (QED) is 0.688. The Hall–Kier alpha value is 0.870. The van der Waals surface area contributed by atoms with E-state index in [2.05, 4.69) is 34.6 Å². The summed E-state index contributed by atoms with van der Waals surface area (Å²) in [5.41, 5.74) is 0.558. The minimum absolute atomic E-state index is 0.558. The van der Waals surface area contributed by atoms with Crippen LogP contribution in [-0.2, 0) is 24.4 Å². The first-order valence-electron chi connectivity index (χ1n) is 4.68. The van der Waals surface area contributed by atoms with Gasteiger partial charge in [0, 0.05) is 0 Å². The van der Waals surface area contributed by atoms with E-state index in [-0.39, 0.29) is 0 Å². The summed E-state index contributed by atoms with van der Waals surface area (Å²) in [5.74, 6) is 0. The van der Waals surface area contributed by atoms with Gasteiger partial charge in [-0.15, -0.1) is 0 Å². The predicted molar refractivity (Wildman–Crippen MR) is 47.3 cm³/mol. The van der Waals surface area contributed by atoms with Gasteiger partial charge >= 0.3 is 86.8 Å². The van der Waals surface area contributed by atoms with E-state index in [0.717, 1.165) is 0 Å². The Morgan fingerprint density at radius 1 is 0.909 bits per heavy atom. The van der Waals surface area contributed by atoms with Gasteiger partial charge in [-0.2, -0.15) is 0 Å². The molecular formula is C10H21Hf. The average molecular weight is 320 g/mol. The summed E-state index contributed by atoms with van der Waals surface area (Å²) < 4.78 is 0.668. The Balaban J connectivity index is 4.47. The van der Waals surface area contributed by atoms with E-state index in [0.29, 0.717) is 8.59 Å². The SMILES string of the molecule is CCC(C)(C)[C]([Hf])(CC)CC. The molecular weight excluding hydrogens is 299 g/mol. The molecule has 0 bridgehead atoms. The monoisotopic (exact) mass is 321 g/mol. The number of rotatable bonds is 4. The molecule has 0 aliphatic carbocycles. The molecule has 0 N–H and O–H groups in total. The third-order valence-corrected chi connectivity index (χ3v) is 8.36. The normalized spacial score (nSPS) is 13.5. The summed E-state index contributed by atoms with van der Waals surface area (Å²) in [4.78, 5) is 0. The van der Waals surface area contributed by atoms with E-state index >= 15 is 0 Å². The van der Waals surface area contributed by atoms with Crippen molar-refractivity contribution in [3.05, 3.63) is 0 Å². The molecule has 0 aromatic rings. The third-order valence-electron chi connectivity index (χ3n) is 3.39. The van der Waals surface area contributed by atoms with Crippen LogP contribution in [0.3, 0.4) is 0 Å². The van der Waals surface area contributed by atoms with Crippen molar-refractivity contribution in [1.29, 1.82) is 0 Å². The molecule has 0 fully saturated rings. The molecule has 0 amide bonds. The van der Waals surface area contributed by atoms with E-state index in [1.807, 2.05) is 0 Å². The van der Waals surface area contributed by atoms with Crippen LogP contribution in [0.1, 0.15) is 53.9 Å². The van der Waals surface area contributed by atoms with Crippen molar-refractivity contribution in [3.8, 4) is 0 Å². The van der Waals surface area contributed by atoms with E-state index in [1.165, 1.54) is 43.6 Å². The first-order chi connectivity index (χ1) is 4.93.